The van der Waals surface area contributed by atoms with Gasteiger partial charge in [-0.15, -0.1) is 0 Å². The smallest absolute Gasteiger partial charge is 0.229 e. The van der Waals surface area contributed by atoms with Gasteiger partial charge in [0.1, 0.15) is 17.3 Å². The fourth-order valence-electron chi connectivity index (χ4n) is 4.37. The van der Waals surface area contributed by atoms with E-state index in [0.29, 0.717) is 17.7 Å². The number of likely N-dealkylation sites (tertiary alicyclic amines) is 1. The van der Waals surface area contributed by atoms with E-state index in [4.69, 9.17) is 4.74 Å². The SMILES string of the molecule is COc1cc(C2CCN(C)CC2)ccc1Nc1nccc(Nc2cccnc2-c2ccccn2)n1. The highest BCUT2D eigenvalue weighted by Gasteiger charge is 2.20. The summed E-state index contributed by atoms with van der Waals surface area (Å²) in [5, 5.41) is 6.66. The maximum Gasteiger partial charge on any atom is 0.229 e. The van der Waals surface area contributed by atoms with E-state index in [-0.39, 0.29) is 0 Å². The third-order valence-corrected chi connectivity index (χ3v) is 6.30. The van der Waals surface area contributed by atoms with Crippen molar-refractivity contribution >= 4 is 23.1 Å². The molecular formula is C27H29N7O. The Kier molecular flexibility index (Phi) is 6.81. The van der Waals surface area contributed by atoms with Crippen LogP contribution in [0.15, 0.2) is 73.2 Å². The molecule has 0 amide bonds. The molecule has 8 nitrogen and oxygen atoms in total. The zero-order valence-corrected chi connectivity index (χ0v) is 20.0. The van der Waals surface area contributed by atoms with Crippen LogP contribution in [0.2, 0.25) is 0 Å². The molecule has 0 atom stereocenters. The highest BCUT2D eigenvalue weighted by Crippen LogP contribution is 2.34. The molecular weight excluding hydrogens is 438 g/mol. The topological polar surface area (TPSA) is 88.1 Å². The third kappa shape index (κ3) is 5.38. The maximum atomic E-state index is 5.70. The van der Waals surface area contributed by atoms with E-state index in [1.54, 1.807) is 25.7 Å². The Morgan fingerprint density at radius 3 is 2.51 bits per heavy atom. The van der Waals surface area contributed by atoms with Crippen LogP contribution in [0.5, 0.6) is 5.75 Å². The van der Waals surface area contributed by atoms with Crippen molar-refractivity contribution < 1.29 is 4.74 Å². The first-order valence-corrected chi connectivity index (χ1v) is 11.8. The molecule has 0 radical (unpaired) electrons. The number of anilines is 4. The number of piperidine rings is 1. The van der Waals surface area contributed by atoms with Crippen LogP contribution in [-0.4, -0.2) is 52.1 Å². The molecule has 2 N–H and O–H groups in total. The Labute approximate surface area is 205 Å². The van der Waals surface area contributed by atoms with Crippen LogP contribution in [0, 0.1) is 0 Å². The molecule has 1 saturated heterocycles. The number of hydrogen-bond acceptors (Lipinski definition) is 8. The molecule has 3 aromatic heterocycles. The van der Waals surface area contributed by atoms with Gasteiger partial charge >= 0.3 is 0 Å². The van der Waals surface area contributed by atoms with Crippen molar-refractivity contribution in [3.05, 3.63) is 78.8 Å². The highest BCUT2D eigenvalue weighted by molar-refractivity contribution is 5.75. The molecule has 0 unspecified atom stereocenters. The minimum absolute atomic E-state index is 0.476. The maximum absolute atomic E-state index is 5.70. The number of hydrogen-bond donors (Lipinski definition) is 2. The molecule has 0 aliphatic carbocycles. The van der Waals surface area contributed by atoms with Crippen LogP contribution in [0.4, 0.5) is 23.1 Å². The molecule has 4 heterocycles. The van der Waals surface area contributed by atoms with Crippen molar-refractivity contribution in [3.63, 3.8) is 0 Å². The summed E-state index contributed by atoms with van der Waals surface area (Å²) in [6.45, 7) is 2.25. The normalized spacial score (nSPS) is 14.5. The van der Waals surface area contributed by atoms with Gasteiger partial charge in [0.2, 0.25) is 5.95 Å². The number of nitrogens with one attached hydrogen (secondary N) is 2. The zero-order chi connectivity index (χ0) is 24.0. The van der Waals surface area contributed by atoms with E-state index in [1.807, 2.05) is 36.4 Å². The van der Waals surface area contributed by atoms with Gasteiger partial charge in [-0.25, -0.2) is 4.98 Å². The summed E-state index contributed by atoms with van der Waals surface area (Å²) < 4.78 is 5.70. The summed E-state index contributed by atoms with van der Waals surface area (Å²) in [7, 11) is 3.87. The highest BCUT2D eigenvalue weighted by atomic mass is 16.5. The van der Waals surface area contributed by atoms with Gasteiger partial charge in [-0.3, -0.25) is 9.97 Å². The molecule has 0 bridgehead atoms. The summed E-state index contributed by atoms with van der Waals surface area (Å²) >= 11 is 0. The number of ether oxygens (including phenoxy) is 1. The van der Waals surface area contributed by atoms with Crippen molar-refractivity contribution in [2.45, 2.75) is 18.8 Å². The van der Waals surface area contributed by atoms with Gasteiger partial charge in [-0.1, -0.05) is 12.1 Å². The monoisotopic (exact) mass is 467 g/mol. The number of nitrogens with zero attached hydrogens (tertiary/aromatic N) is 5. The standard InChI is InChI=1S/C27H29N7O/c1-34-16-11-19(12-17-34)20-8-9-21(24(18-20)35-2)32-27-30-15-10-25(33-27)31-23-7-5-14-29-26(23)22-6-3-4-13-28-22/h3-10,13-15,18-19H,11-12,16-17H2,1-2H3,(H2,30,31,32,33). The Morgan fingerprint density at radius 2 is 1.71 bits per heavy atom. The lowest BCUT2D eigenvalue weighted by Crippen LogP contribution is -2.29. The van der Waals surface area contributed by atoms with Crippen LogP contribution in [-0.2, 0) is 0 Å². The first kappa shape index (κ1) is 22.7. The summed E-state index contributed by atoms with van der Waals surface area (Å²) in [6, 6.07) is 17.8. The van der Waals surface area contributed by atoms with Gasteiger partial charge in [0.05, 0.1) is 24.2 Å². The Bertz CT molecular complexity index is 1270. The zero-order valence-electron chi connectivity index (χ0n) is 20.0. The predicted molar refractivity (Wildman–Crippen MR) is 139 cm³/mol. The lowest BCUT2D eigenvalue weighted by molar-refractivity contribution is 0.255. The molecule has 1 fully saturated rings. The minimum Gasteiger partial charge on any atom is -0.495 e. The molecule has 35 heavy (non-hydrogen) atoms. The average molecular weight is 468 g/mol. The van der Waals surface area contributed by atoms with Gasteiger partial charge in [0.15, 0.2) is 0 Å². The largest absolute Gasteiger partial charge is 0.495 e. The molecule has 0 spiro atoms. The van der Waals surface area contributed by atoms with E-state index < -0.39 is 0 Å². The van der Waals surface area contributed by atoms with Crippen molar-refractivity contribution in [1.29, 1.82) is 0 Å². The van der Waals surface area contributed by atoms with Gasteiger partial charge in [-0.2, -0.15) is 4.98 Å². The Morgan fingerprint density at radius 1 is 0.857 bits per heavy atom. The van der Waals surface area contributed by atoms with Crippen LogP contribution in [0.25, 0.3) is 11.4 Å². The van der Waals surface area contributed by atoms with E-state index in [0.717, 1.165) is 54.4 Å². The van der Waals surface area contributed by atoms with E-state index in [1.165, 1.54) is 5.56 Å². The van der Waals surface area contributed by atoms with Gasteiger partial charge in [0.25, 0.3) is 0 Å². The van der Waals surface area contributed by atoms with E-state index in [2.05, 4.69) is 60.7 Å². The minimum atomic E-state index is 0.476. The number of aromatic nitrogens is 4. The summed E-state index contributed by atoms with van der Waals surface area (Å²) in [5.74, 6) is 2.47. The van der Waals surface area contributed by atoms with Gasteiger partial charge in [0, 0.05) is 18.6 Å². The fraction of sp³-hybridized carbons (Fsp3) is 0.259. The van der Waals surface area contributed by atoms with Crippen LogP contribution < -0.4 is 15.4 Å². The molecule has 1 aliphatic rings. The molecule has 1 aromatic carbocycles. The van der Waals surface area contributed by atoms with Gasteiger partial charge < -0.3 is 20.3 Å². The second-order valence-corrected chi connectivity index (χ2v) is 8.67. The molecule has 5 rings (SSSR count). The van der Waals surface area contributed by atoms with E-state index in [9.17, 15) is 0 Å². The van der Waals surface area contributed by atoms with Crippen molar-refractivity contribution in [1.82, 2.24) is 24.8 Å². The molecule has 4 aromatic rings. The number of rotatable bonds is 7. The first-order chi connectivity index (χ1) is 17.2. The molecule has 178 valence electrons. The second-order valence-electron chi connectivity index (χ2n) is 8.67. The van der Waals surface area contributed by atoms with Crippen LogP contribution >= 0.6 is 0 Å². The Hall–Kier alpha value is -4.04. The van der Waals surface area contributed by atoms with Crippen LogP contribution in [0.1, 0.15) is 24.3 Å². The number of benzene rings is 1. The summed E-state index contributed by atoms with van der Waals surface area (Å²) in [6.07, 6.45) is 7.56. The first-order valence-electron chi connectivity index (χ1n) is 11.8. The van der Waals surface area contributed by atoms with Crippen molar-refractivity contribution in [3.8, 4) is 17.1 Å². The Balaban J connectivity index is 1.34. The summed E-state index contributed by atoms with van der Waals surface area (Å²) in [5.41, 5.74) is 4.51. The summed E-state index contributed by atoms with van der Waals surface area (Å²) in [4.78, 5) is 20.4. The molecule has 1 aliphatic heterocycles. The quantitative estimate of drug-likeness (QED) is 0.382. The second kappa shape index (κ2) is 10.5. The van der Waals surface area contributed by atoms with Gasteiger partial charge in [-0.05, 0) is 86.9 Å². The number of methoxy groups -OCH3 is 1. The number of pyridine rings is 2. The lowest BCUT2D eigenvalue weighted by atomic mass is 9.89. The van der Waals surface area contributed by atoms with E-state index >= 15 is 0 Å². The average Bonchev–Trinajstić information content (AvgIpc) is 2.90. The van der Waals surface area contributed by atoms with Crippen molar-refractivity contribution in [2.24, 2.45) is 0 Å². The lowest BCUT2D eigenvalue weighted by Gasteiger charge is -2.29. The van der Waals surface area contributed by atoms with Crippen molar-refractivity contribution in [2.75, 3.05) is 37.9 Å². The molecule has 0 saturated carbocycles. The predicted octanol–water partition coefficient (Wildman–Crippen LogP) is 5.24. The fourth-order valence-corrected chi connectivity index (χ4v) is 4.37. The third-order valence-electron chi connectivity index (χ3n) is 6.30. The van der Waals surface area contributed by atoms with Crippen LogP contribution in [0.3, 0.4) is 0 Å². The molecule has 8 heteroatoms.